The zero-order valence-electron chi connectivity index (χ0n) is 22.4. The molecule has 0 amide bonds. The van der Waals surface area contributed by atoms with E-state index in [1.54, 1.807) is 26.8 Å². The van der Waals surface area contributed by atoms with Crippen molar-refractivity contribution in [3.8, 4) is 11.5 Å². The average Bonchev–Trinajstić information content (AvgIpc) is 3.26. The first-order valence-corrected chi connectivity index (χ1v) is 13.7. The van der Waals surface area contributed by atoms with Crippen LogP contribution >= 0.6 is 7.60 Å². The number of ether oxygens (including phenoxy) is 3. The number of carbonyl (C=O) groups excluding carboxylic acids is 2. The van der Waals surface area contributed by atoms with Crippen LogP contribution in [0.1, 0.15) is 54.2 Å². The van der Waals surface area contributed by atoms with E-state index in [9.17, 15) is 29.2 Å². The number of phenolic OH excluding ortho intramolecular Hbond substituents is 1. The van der Waals surface area contributed by atoms with E-state index in [1.807, 2.05) is 0 Å². The minimum Gasteiger partial charge on any atom is -0.507 e. The summed E-state index contributed by atoms with van der Waals surface area (Å²) >= 11 is 0. The Morgan fingerprint density at radius 3 is 2.53 bits per heavy atom. The normalized spacial score (nSPS) is 16.5. The molecule has 0 aliphatic carbocycles. The number of benzene rings is 1. The maximum Gasteiger partial charge on any atom is 0.342 e. The second-order valence-electron chi connectivity index (χ2n) is 8.72. The fraction of sp³-hybridized carbons (Fsp3) is 0.500. The molecule has 0 spiro atoms. The topological polar surface area (TPSA) is 155 Å². The lowest BCUT2D eigenvalue weighted by molar-refractivity contribution is -0.150. The van der Waals surface area contributed by atoms with Crippen molar-refractivity contribution in [1.29, 1.82) is 0 Å². The Morgan fingerprint density at radius 1 is 1.26 bits per heavy atom. The molecule has 11 nitrogen and oxygen atoms in total. The molecule has 0 fully saturated rings. The van der Waals surface area contributed by atoms with E-state index in [2.05, 4.69) is 0 Å². The minimum atomic E-state index is -3.71. The van der Waals surface area contributed by atoms with E-state index >= 15 is 0 Å². The molecule has 210 valence electrons. The van der Waals surface area contributed by atoms with Crippen LogP contribution in [0.15, 0.2) is 23.8 Å². The average molecular weight is 555 g/mol. The number of aromatic hydroxyl groups is 1. The van der Waals surface area contributed by atoms with Crippen LogP contribution in [0.25, 0.3) is 0 Å². The highest BCUT2D eigenvalue weighted by Crippen LogP contribution is 2.48. The van der Waals surface area contributed by atoms with Crippen LogP contribution in [0.3, 0.4) is 0 Å². The van der Waals surface area contributed by atoms with E-state index in [4.69, 9.17) is 23.3 Å². The van der Waals surface area contributed by atoms with Gasteiger partial charge in [0.15, 0.2) is 6.10 Å². The summed E-state index contributed by atoms with van der Waals surface area (Å²) in [5.41, 5.74) is 2.50. The van der Waals surface area contributed by atoms with Crippen molar-refractivity contribution < 1.29 is 52.4 Å². The van der Waals surface area contributed by atoms with Gasteiger partial charge in [-0.15, -0.1) is 0 Å². The third kappa shape index (κ3) is 7.46. The number of carbonyl (C=O) groups is 3. The minimum absolute atomic E-state index is 0.0640. The van der Waals surface area contributed by atoms with Gasteiger partial charge in [0.1, 0.15) is 23.7 Å². The van der Waals surface area contributed by atoms with Crippen LogP contribution in [0.4, 0.5) is 0 Å². The van der Waals surface area contributed by atoms with Crippen molar-refractivity contribution >= 4 is 25.5 Å². The largest absolute Gasteiger partial charge is 0.507 e. The number of allylic oxidation sites excluding steroid dienone is 3. The number of hydrogen-bond acceptors (Lipinski definition) is 10. The van der Waals surface area contributed by atoms with Crippen LogP contribution in [0.2, 0.25) is 0 Å². The third-order valence-corrected chi connectivity index (χ3v) is 7.93. The fourth-order valence-corrected chi connectivity index (χ4v) is 5.30. The lowest BCUT2D eigenvalue weighted by Gasteiger charge is -2.19. The highest BCUT2D eigenvalue weighted by molar-refractivity contribution is 7.54. The van der Waals surface area contributed by atoms with Crippen LogP contribution < -0.4 is 4.74 Å². The first-order chi connectivity index (χ1) is 17.9. The predicted octanol–water partition coefficient (Wildman–Crippen LogP) is 4.32. The van der Waals surface area contributed by atoms with Crippen LogP contribution in [-0.4, -0.2) is 61.2 Å². The number of esters is 2. The number of hydrogen-bond donors (Lipinski definition) is 2. The molecule has 2 N–H and O–H groups in total. The Morgan fingerprint density at radius 2 is 1.95 bits per heavy atom. The lowest BCUT2D eigenvalue weighted by atomic mass is 9.93. The van der Waals surface area contributed by atoms with Gasteiger partial charge < -0.3 is 28.9 Å². The van der Waals surface area contributed by atoms with Gasteiger partial charge in [0.05, 0.1) is 25.8 Å². The molecule has 0 saturated carbocycles. The van der Waals surface area contributed by atoms with Crippen molar-refractivity contribution in [3.63, 3.8) is 0 Å². The van der Waals surface area contributed by atoms with Gasteiger partial charge in [-0.3, -0.25) is 13.9 Å². The molecule has 1 aliphatic heterocycles. The number of phenols is 1. The van der Waals surface area contributed by atoms with E-state index in [0.29, 0.717) is 28.0 Å². The van der Waals surface area contributed by atoms with Crippen molar-refractivity contribution in [1.82, 2.24) is 0 Å². The summed E-state index contributed by atoms with van der Waals surface area (Å²) in [5.74, 6) is -3.11. The van der Waals surface area contributed by atoms with E-state index in [-0.39, 0.29) is 43.5 Å². The number of carboxylic acids is 1. The molecule has 3 atom stereocenters. The van der Waals surface area contributed by atoms with Crippen molar-refractivity contribution in [2.24, 2.45) is 5.92 Å². The van der Waals surface area contributed by atoms with Gasteiger partial charge >= 0.3 is 25.5 Å². The standard InChI is InChI=1S/C26H35O11P/c1-7-35-25(30)17(4)37-38(32,34-6)12-8-9-18(24(28)29)13-15(2)10-11-19-22(27)21-20(14-36-26(21)31)16(3)23(19)33-5/h8-10,17-18,27H,7,11-14H2,1-6H3,(H,28,29)/b9-8+,15-10+/t17-,18?,38?/m0/s1. The smallest absolute Gasteiger partial charge is 0.342 e. The Hall–Kier alpha value is -3.14. The van der Waals surface area contributed by atoms with E-state index in [0.717, 1.165) is 0 Å². The lowest BCUT2D eigenvalue weighted by Crippen LogP contribution is -2.23. The Kier molecular flexibility index (Phi) is 11.1. The quantitative estimate of drug-likeness (QED) is 0.192. The fourth-order valence-electron chi connectivity index (χ4n) is 4.03. The van der Waals surface area contributed by atoms with E-state index in [1.165, 1.54) is 33.3 Å². The summed E-state index contributed by atoms with van der Waals surface area (Å²) in [6.45, 7) is 6.75. The SMILES string of the molecule is CCOC(=O)[C@H](C)OP(=O)(C/C=C/C(C/C(C)=C/Cc1c(O)c2c(c(C)c1OC)COC2=O)C(=O)O)OC. The van der Waals surface area contributed by atoms with Crippen LogP contribution in [-0.2, 0) is 45.7 Å². The highest BCUT2D eigenvalue weighted by Gasteiger charge is 2.32. The number of fused-ring (bicyclic) bond motifs is 1. The second kappa shape index (κ2) is 13.6. The summed E-state index contributed by atoms with van der Waals surface area (Å²) in [4.78, 5) is 35.7. The molecule has 0 bridgehead atoms. The van der Waals surface area contributed by atoms with Crippen LogP contribution in [0, 0.1) is 12.8 Å². The molecular formula is C26H35O11P. The summed E-state index contributed by atoms with van der Waals surface area (Å²) in [6.07, 6.45) is 3.48. The molecule has 0 radical (unpaired) electrons. The van der Waals surface area contributed by atoms with Gasteiger partial charge in [0, 0.05) is 18.2 Å². The molecule has 38 heavy (non-hydrogen) atoms. The van der Waals surface area contributed by atoms with Crippen molar-refractivity contribution in [3.05, 3.63) is 46.1 Å². The van der Waals surface area contributed by atoms with Gasteiger partial charge in [0.25, 0.3) is 0 Å². The van der Waals surface area contributed by atoms with Gasteiger partial charge in [0.2, 0.25) is 0 Å². The highest BCUT2D eigenvalue weighted by atomic mass is 31.2. The molecule has 2 rings (SSSR count). The van der Waals surface area contributed by atoms with Crippen LogP contribution in [0.5, 0.6) is 11.5 Å². The first kappa shape index (κ1) is 31.1. The molecule has 0 aromatic heterocycles. The van der Waals surface area contributed by atoms with Gasteiger partial charge in [-0.05, 0) is 46.1 Å². The molecule has 2 unspecified atom stereocenters. The molecule has 1 aromatic carbocycles. The van der Waals surface area contributed by atoms with E-state index < -0.39 is 37.5 Å². The summed E-state index contributed by atoms with van der Waals surface area (Å²) in [5, 5.41) is 20.4. The predicted molar refractivity (Wildman–Crippen MR) is 138 cm³/mol. The number of rotatable bonds is 14. The molecule has 1 aromatic rings. The molecular weight excluding hydrogens is 519 g/mol. The molecule has 12 heteroatoms. The number of carboxylic acid groups (broad SMARTS) is 1. The maximum atomic E-state index is 12.8. The first-order valence-electron chi connectivity index (χ1n) is 12.0. The summed E-state index contributed by atoms with van der Waals surface area (Å²) < 4.78 is 38.4. The van der Waals surface area contributed by atoms with Crippen molar-refractivity contribution in [2.75, 3.05) is 27.0 Å². The van der Waals surface area contributed by atoms with Gasteiger partial charge in [-0.2, -0.15) is 0 Å². The number of aliphatic carboxylic acids is 1. The summed E-state index contributed by atoms with van der Waals surface area (Å²) in [7, 11) is -1.07. The third-order valence-electron chi connectivity index (χ3n) is 6.07. The zero-order chi connectivity index (χ0) is 28.6. The summed E-state index contributed by atoms with van der Waals surface area (Å²) in [6, 6.07) is 0. The second-order valence-corrected chi connectivity index (χ2v) is 10.9. The monoisotopic (exact) mass is 554 g/mol. The van der Waals surface area contributed by atoms with Crippen molar-refractivity contribution in [2.45, 2.75) is 53.2 Å². The molecule has 1 aliphatic rings. The van der Waals surface area contributed by atoms with Gasteiger partial charge in [-0.25, -0.2) is 9.59 Å². The number of cyclic esters (lactones) is 1. The molecule has 1 heterocycles. The zero-order valence-corrected chi connectivity index (χ0v) is 23.3. The Balaban J connectivity index is 2.15. The maximum absolute atomic E-state index is 12.8. The van der Waals surface area contributed by atoms with Gasteiger partial charge in [-0.1, -0.05) is 23.8 Å². The Labute approximate surface area is 221 Å². The number of methoxy groups -OCH3 is 1. The Bertz CT molecular complexity index is 1170. The molecule has 0 saturated heterocycles.